The highest BCUT2D eigenvalue weighted by Gasteiger charge is 2.45. The Labute approximate surface area is 297 Å². The molecule has 4 fully saturated rings. The van der Waals surface area contributed by atoms with E-state index in [0.717, 1.165) is 25.7 Å². The molecule has 5 aromatic rings. The number of phenols is 1. The third-order valence-electron chi connectivity index (χ3n) is 11.4. The number of hydrogen-bond acceptors (Lipinski definition) is 8. The number of aromatic nitrogens is 4. The average molecular weight is 712 g/mol. The third kappa shape index (κ3) is 5.60. The second-order valence-corrected chi connectivity index (χ2v) is 14.9. The fourth-order valence-electron chi connectivity index (χ4n) is 8.57. The Hall–Kier alpha value is -4.93. The maximum atomic E-state index is 17.6. The molecular weight excluding hydrogens is 674 g/mol. The average Bonchev–Trinajstić information content (AvgIpc) is 3.66. The van der Waals surface area contributed by atoms with E-state index in [2.05, 4.69) is 21.0 Å². The summed E-state index contributed by atoms with van der Waals surface area (Å²) in [6.45, 7) is 3.49. The van der Waals surface area contributed by atoms with Crippen LogP contribution in [0.2, 0.25) is 0 Å². The maximum absolute atomic E-state index is 17.6. The van der Waals surface area contributed by atoms with E-state index in [1.54, 1.807) is 17.9 Å². The van der Waals surface area contributed by atoms with Gasteiger partial charge in [-0.1, -0.05) is 12.0 Å². The Bertz CT molecular complexity index is 2340. The molecule has 9 nitrogen and oxygen atoms in total. The second kappa shape index (κ2) is 12.3. The van der Waals surface area contributed by atoms with Crippen molar-refractivity contribution < 1.29 is 27.4 Å². The molecule has 2 atom stereocenters. The van der Waals surface area contributed by atoms with E-state index in [-0.39, 0.29) is 62.4 Å². The number of benzene rings is 3. The van der Waals surface area contributed by atoms with Crippen molar-refractivity contribution in [2.75, 3.05) is 44.2 Å². The molecule has 2 bridgehead atoms. The summed E-state index contributed by atoms with van der Waals surface area (Å²) in [7, 11) is 1.74. The Morgan fingerprint density at radius 3 is 2.50 bits per heavy atom. The van der Waals surface area contributed by atoms with Gasteiger partial charge < -0.3 is 25.0 Å². The number of piperidine rings is 1. The first-order valence-electron chi connectivity index (χ1n) is 17.8. The van der Waals surface area contributed by atoms with Crippen LogP contribution < -0.4 is 15.0 Å². The summed E-state index contributed by atoms with van der Waals surface area (Å²) in [5.74, 6) is 1.47. The van der Waals surface area contributed by atoms with Gasteiger partial charge in [0.2, 0.25) is 0 Å². The van der Waals surface area contributed by atoms with Crippen LogP contribution in [0.3, 0.4) is 0 Å². The molecule has 3 saturated heterocycles. The van der Waals surface area contributed by atoms with Gasteiger partial charge in [-0.25, -0.2) is 8.78 Å². The van der Waals surface area contributed by atoms with Crippen LogP contribution >= 0.6 is 0 Å². The zero-order valence-corrected chi connectivity index (χ0v) is 28.7. The predicted molar refractivity (Wildman–Crippen MR) is 191 cm³/mol. The van der Waals surface area contributed by atoms with E-state index in [0.29, 0.717) is 79.7 Å². The quantitative estimate of drug-likeness (QED) is 0.143. The summed E-state index contributed by atoms with van der Waals surface area (Å²) in [5, 5.41) is 21.0. The smallest absolute Gasteiger partial charge is 0.319 e. The first-order chi connectivity index (χ1) is 25.1. The lowest BCUT2D eigenvalue weighted by Gasteiger charge is -2.34. The highest BCUT2D eigenvalue weighted by molar-refractivity contribution is 6.18. The van der Waals surface area contributed by atoms with Crippen LogP contribution in [-0.2, 0) is 7.05 Å². The largest absolute Gasteiger partial charge is 0.508 e. The molecule has 2 N–H and O–H groups in total. The molecule has 5 heterocycles. The van der Waals surface area contributed by atoms with Crippen molar-refractivity contribution in [1.82, 2.24) is 30.0 Å². The number of piperazine rings is 1. The number of rotatable bonds is 7. The first kappa shape index (κ1) is 32.9. The van der Waals surface area contributed by atoms with Gasteiger partial charge in [0.05, 0.1) is 17.6 Å². The summed E-state index contributed by atoms with van der Waals surface area (Å²) in [6.07, 6.45) is 10.6. The fraction of sp³-hybridized carbons (Fsp3) is 0.410. The van der Waals surface area contributed by atoms with Crippen molar-refractivity contribution in [3.05, 3.63) is 59.3 Å². The normalized spacial score (nSPS) is 21.3. The number of phenolic OH excluding ortho intramolecular Hbond substituents is 1. The summed E-state index contributed by atoms with van der Waals surface area (Å²) < 4.78 is 67.0. The lowest BCUT2D eigenvalue weighted by Crippen LogP contribution is -2.51. The predicted octanol–water partition coefficient (Wildman–Crippen LogP) is 6.65. The van der Waals surface area contributed by atoms with Gasteiger partial charge in [-0.15, -0.1) is 6.42 Å². The highest BCUT2D eigenvalue weighted by atomic mass is 19.3. The van der Waals surface area contributed by atoms with E-state index in [4.69, 9.17) is 26.2 Å². The van der Waals surface area contributed by atoms with Crippen LogP contribution in [0, 0.1) is 29.4 Å². The maximum Gasteiger partial charge on any atom is 0.319 e. The Balaban J connectivity index is 1.19. The van der Waals surface area contributed by atoms with Crippen LogP contribution in [0.1, 0.15) is 44.1 Å². The molecule has 0 amide bonds. The fourth-order valence-corrected chi connectivity index (χ4v) is 8.57. The molecule has 1 saturated carbocycles. The van der Waals surface area contributed by atoms with Crippen molar-refractivity contribution in [2.24, 2.45) is 12.5 Å². The van der Waals surface area contributed by atoms with Gasteiger partial charge in [0.15, 0.2) is 5.82 Å². The molecule has 13 heteroatoms. The monoisotopic (exact) mass is 711 g/mol. The lowest BCUT2D eigenvalue weighted by molar-refractivity contribution is 0.146. The van der Waals surface area contributed by atoms with Crippen LogP contribution in [0.15, 0.2) is 42.1 Å². The highest BCUT2D eigenvalue weighted by Crippen LogP contribution is 2.48. The minimum atomic E-state index is -1.56. The number of fused-ring (bicyclic) bond motifs is 6. The Kier molecular flexibility index (Phi) is 7.82. The van der Waals surface area contributed by atoms with Crippen LogP contribution in [0.4, 0.5) is 23.4 Å². The number of aryl methyl sites for hydroxylation is 1. The molecule has 2 aromatic heterocycles. The number of anilines is 1. The topological polar surface area (TPSA) is 91.6 Å². The summed E-state index contributed by atoms with van der Waals surface area (Å²) >= 11 is 0. The van der Waals surface area contributed by atoms with E-state index in [1.165, 1.54) is 24.3 Å². The summed E-state index contributed by atoms with van der Waals surface area (Å²) in [6, 6.07) is 6.13. The van der Waals surface area contributed by atoms with E-state index >= 15 is 8.78 Å². The lowest BCUT2D eigenvalue weighted by atomic mass is 9.91. The van der Waals surface area contributed by atoms with Crippen molar-refractivity contribution in [3.8, 4) is 35.2 Å². The van der Waals surface area contributed by atoms with Crippen LogP contribution in [-0.4, -0.2) is 81.2 Å². The first-order valence-corrected chi connectivity index (χ1v) is 17.8. The van der Waals surface area contributed by atoms with E-state index in [1.807, 2.05) is 0 Å². The van der Waals surface area contributed by atoms with Crippen LogP contribution in [0.25, 0.3) is 43.7 Å². The number of likely N-dealkylation sites (tertiary alicyclic amines) is 1. The van der Waals surface area contributed by atoms with Crippen molar-refractivity contribution in [3.63, 3.8) is 0 Å². The standard InChI is InChI=1S/C39H37F4N7O2/c1-3-26-29(40)7-4-22-14-25(51)15-27(30(22)26)31-33(41)35-32(28-18-48(2)47-34(28)31)37(50-16-23-5-6-24(17-50)44-23)46-38(45-35)52-20-39(10-11-39)19-49-12-8-21(9-13-49)36(42)43/h1,4,7,14-15,18,23-24,44,51H,5-6,8-13,16-17,19-20H2,2H3/t23-,24+. The molecule has 0 radical (unpaired) electrons. The van der Waals surface area contributed by atoms with Gasteiger partial charge in [0.25, 0.3) is 6.08 Å². The Morgan fingerprint density at radius 2 is 1.81 bits per heavy atom. The molecule has 1 aliphatic carbocycles. The zero-order chi connectivity index (χ0) is 35.9. The van der Waals surface area contributed by atoms with Gasteiger partial charge in [-0.3, -0.25) is 4.68 Å². The Morgan fingerprint density at radius 1 is 1.06 bits per heavy atom. The SMILES string of the molecule is C#Cc1c(F)ccc2cc(O)cc(-c3c(F)c4nc(OCC5(CN6CCC(=C(F)F)CC6)CC5)nc(N5C[C@H]6CC[C@@H](C5)N6)c4c4cn(C)nc34)c12. The number of aromatic hydroxyl groups is 1. The molecule has 268 valence electrons. The molecule has 9 rings (SSSR count). The minimum absolute atomic E-state index is 0.0185. The van der Waals surface area contributed by atoms with Crippen LogP contribution in [0.5, 0.6) is 11.8 Å². The van der Waals surface area contributed by atoms with Gasteiger partial charge in [-0.2, -0.15) is 23.8 Å². The van der Waals surface area contributed by atoms with Gasteiger partial charge in [-0.05, 0) is 73.2 Å². The summed E-state index contributed by atoms with van der Waals surface area (Å²) in [4.78, 5) is 14.1. The number of terminal acetylenes is 1. The molecule has 52 heavy (non-hydrogen) atoms. The number of ether oxygens (including phenoxy) is 1. The molecule has 3 aromatic carbocycles. The zero-order valence-electron chi connectivity index (χ0n) is 28.7. The molecular formula is C39H37F4N7O2. The van der Waals surface area contributed by atoms with Gasteiger partial charge >= 0.3 is 6.01 Å². The number of nitrogens with zero attached hydrogens (tertiary/aromatic N) is 6. The summed E-state index contributed by atoms with van der Waals surface area (Å²) in [5.41, 5.74) is 0.554. The molecule has 4 aliphatic rings. The second-order valence-electron chi connectivity index (χ2n) is 14.9. The number of hydrogen-bond donors (Lipinski definition) is 2. The molecule has 3 aliphatic heterocycles. The number of nitrogens with one attached hydrogen (secondary N) is 1. The third-order valence-corrected chi connectivity index (χ3v) is 11.4. The van der Waals surface area contributed by atoms with Gasteiger partial charge in [0.1, 0.15) is 28.4 Å². The van der Waals surface area contributed by atoms with Crippen molar-refractivity contribution in [1.29, 1.82) is 0 Å². The number of halogens is 4. The molecule has 0 spiro atoms. The van der Waals surface area contributed by atoms with Crippen molar-refractivity contribution in [2.45, 2.75) is 50.6 Å². The molecule has 0 unspecified atom stereocenters. The minimum Gasteiger partial charge on any atom is -0.508 e. The van der Waals surface area contributed by atoms with Gasteiger partial charge in [0, 0.05) is 79.8 Å². The van der Waals surface area contributed by atoms with E-state index < -0.39 is 17.7 Å². The van der Waals surface area contributed by atoms with Crippen molar-refractivity contribution >= 4 is 38.4 Å². The van der Waals surface area contributed by atoms with E-state index in [9.17, 15) is 13.9 Å².